The fourth-order valence-electron chi connectivity index (χ4n) is 2.66. The number of nitrogens with one attached hydrogen (secondary N) is 1. The first kappa shape index (κ1) is 17.5. The molecule has 6 heteroatoms. The van der Waals surface area contributed by atoms with Gasteiger partial charge in [0.05, 0.1) is 5.52 Å². The molecule has 0 spiro atoms. The number of benzene rings is 2. The summed E-state index contributed by atoms with van der Waals surface area (Å²) in [5, 5.41) is 3.89. The number of halogens is 2. The number of rotatable bonds is 4. The van der Waals surface area contributed by atoms with Crippen molar-refractivity contribution in [3.05, 3.63) is 80.6 Å². The molecule has 3 rings (SSSR count). The first-order valence-corrected chi connectivity index (χ1v) is 8.61. The van der Waals surface area contributed by atoms with Crippen molar-refractivity contribution in [2.75, 3.05) is 0 Å². The number of hydrogen-bond donors (Lipinski definition) is 1. The Morgan fingerprint density at radius 3 is 2.48 bits per heavy atom. The van der Waals surface area contributed by atoms with E-state index in [2.05, 4.69) is 5.32 Å². The Hall–Kier alpha value is -2.30. The Kier molecular flexibility index (Phi) is 5.11. The van der Waals surface area contributed by atoms with Crippen LogP contribution in [0.1, 0.15) is 21.5 Å². The van der Waals surface area contributed by atoms with Crippen molar-refractivity contribution in [2.45, 2.75) is 12.4 Å². The van der Waals surface area contributed by atoms with Crippen molar-refractivity contribution in [1.29, 1.82) is 0 Å². The second kappa shape index (κ2) is 7.30. The number of alkyl halides is 1. The predicted octanol–water partition coefficient (Wildman–Crippen LogP) is 3.86. The summed E-state index contributed by atoms with van der Waals surface area (Å²) in [6.07, 6.45) is 1.56. The number of nitrogens with zero attached hydrogens (tertiary/aromatic N) is 1. The molecule has 0 saturated carbocycles. The first-order valence-electron chi connectivity index (χ1n) is 7.70. The largest absolute Gasteiger partial charge is 0.350 e. The lowest BCUT2D eigenvalue weighted by molar-refractivity contribution is 0.0949. The maximum Gasteiger partial charge on any atom is 0.257 e. The number of pyridine rings is 1. The summed E-state index contributed by atoms with van der Waals surface area (Å²) in [4.78, 5) is 25.2. The third-order valence-corrected chi connectivity index (χ3v) is 4.58. The molecule has 0 radical (unpaired) electrons. The molecule has 0 saturated heterocycles. The normalized spacial score (nSPS) is 10.8. The van der Waals surface area contributed by atoms with Crippen LogP contribution >= 0.6 is 23.2 Å². The third kappa shape index (κ3) is 3.70. The van der Waals surface area contributed by atoms with E-state index in [1.54, 1.807) is 36.0 Å². The lowest BCUT2D eigenvalue weighted by Crippen LogP contribution is -2.29. The molecule has 2 aromatic carbocycles. The zero-order valence-corrected chi connectivity index (χ0v) is 15.1. The molecule has 0 aliphatic carbocycles. The van der Waals surface area contributed by atoms with Gasteiger partial charge >= 0.3 is 0 Å². The Balaban J connectivity index is 1.91. The van der Waals surface area contributed by atoms with E-state index in [4.69, 9.17) is 23.2 Å². The second-order valence-corrected chi connectivity index (χ2v) is 6.48. The van der Waals surface area contributed by atoms with Crippen LogP contribution in [0.25, 0.3) is 10.9 Å². The van der Waals surface area contributed by atoms with E-state index < -0.39 is 5.91 Å². The maximum absolute atomic E-state index is 12.7. The van der Waals surface area contributed by atoms with Crippen LogP contribution < -0.4 is 10.7 Å². The van der Waals surface area contributed by atoms with E-state index >= 15 is 0 Å². The van der Waals surface area contributed by atoms with Gasteiger partial charge in [-0.15, -0.1) is 11.6 Å². The Morgan fingerprint density at radius 2 is 1.80 bits per heavy atom. The Labute approximate surface area is 155 Å². The lowest BCUT2D eigenvalue weighted by atomic mass is 10.1. The monoisotopic (exact) mass is 374 g/mol. The number of amides is 1. The van der Waals surface area contributed by atoms with Gasteiger partial charge in [-0.1, -0.05) is 29.8 Å². The van der Waals surface area contributed by atoms with E-state index in [-0.39, 0.29) is 11.0 Å². The second-order valence-electron chi connectivity index (χ2n) is 5.78. The molecule has 1 amide bonds. The summed E-state index contributed by atoms with van der Waals surface area (Å²) in [6.45, 7) is 0.318. The zero-order valence-electron chi connectivity index (χ0n) is 13.6. The molecule has 3 aromatic rings. The highest BCUT2D eigenvalue weighted by molar-refractivity contribution is 6.30. The molecule has 1 aromatic heterocycles. The number of fused-ring (bicyclic) bond motifs is 1. The van der Waals surface area contributed by atoms with Crippen LogP contribution in [0, 0.1) is 0 Å². The Morgan fingerprint density at radius 1 is 1.12 bits per heavy atom. The van der Waals surface area contributed by atoms with E-state index in [0.29, 0.717) is 22.8 Å². The predicted molar refractivity (Wildman–Crippen MR) is 101 cm³/mol. The first-order chi connectivity index (χ1) is 12.0. The van der Waals surface area contributed by atoms with Crippen LogP contribution in [0.15, 0.2) is 53.5 Å². The van der Waals surface area contributed by atoms with Crippen molar-refractivity contribution in [2.24, 2.45) is 7.05 Å². The van der Waals surface area contributed by atoms with Gasteiger partial charge in [0.1, 0.15) is 5.56 Å². The van der Waals surface area contributed by atoms with Crippen LogP contribution in [-0.4, -0.2) is 10.5 Å². The Bertz CT molecular complexity index is 995. The number of carbonyl (C=O) groups excluding carboxylic acids is 1. The average Bonchev–Trinajstić information content (AvgIpc) is 2.63. The van der Waals surface area contributed by atoms with Gasteiger partial charge in [0.2, 0.25) is 5.43 Å². The summed E-state index contributed by atoms with van der Waals surface area (Å²) in [7, 11) is 1.80. The zero-order chi connectivity index (χ0) is 18.0. The fraction of sp³-hybridized carbons (Fsp3) is 0.158. The molecule has 25 heavy (non-hydrogen) atoms. The standard InChI is InChI=1S/C19H16Cl2N2O2/c1-23-11-16(18(24)15-8-13(9-20)4-7-17(15)23)19(25)22-10-12-2-5-14(21)6-3-12/h2-8,11H,9-10H2,1H3,(H,22,25). The molecule has 4 nitrogen and oxygen atoms in total. The summed E-state index contributed by atoms with van der Waals surface area (Å²) in [5.41, 5.74) is 2.31. The van der Waals surface area contributed by atoms with Crippen molar-refractivity contribution >= 4 is 40.0 Å². The van der Waals surface area contributed by atoms with Crippen LogP contribution in [-0.2, 0) is 19.5 Å². The average molecular weight is 375 g/mol. The minimum atomic E-state index is -0.409. The van der Waals surface area contributed by atoms with Gasteiger partial charge in [-0.3, -0.25) is 9.59 Å². The molecule has 0 aliphatic rings. The van der Waals surface area contributed by atoms with Gasteiger partial charge in [-0.25, -0.2) is 0 Å². The van der Waals surface area contributed by atoms with Crippen molar-refractivity contribution in [1.82, 2.24) is 9.88 Å². The van der Waals surface area contributed by atoms with Gasteiger partial charge < -0.3 is 9.88 Å². The highest BCUT2D eigenvalue weighted by Crippen LogP contribution is 2.15. The van der Waals surface area contributed by atoms with Crippen LogP contribution in [0.2, 0.25) is 5.02 Å². The van der Waals surface area contributed by atoms with E-state index in [9.17, 15) is 9.59 Å². The fourth-order valence-corrected chi connectivity index (χ4v) is 2.96. The quantitative estimate of drug-likeness (QED) is 0.704. The van der Waals surface area contributed by atoms with Crippen LogP contribution in [0.3, 0.4) is 0 Å². The van der Waals surface area contributed by atoms with E-state index in [1.807, 2.05) is 24.3 Å². The minimum Gasteiger partial charge on any atom is -0.350 e. The number of aromatic nitrogens is 1. The molecule has 0 atom stereocenters. The molecule has 128 valence electrons. The maximum atomic E-state index is 12.7. The summed E-state index contributed by atoms with van der Waals surface area (Å²) < 4.78 is 1.77. The highest BCUT2D eigenvalue weighted by Gasteiger charge is 2.14. The van der Waals surface area contributed by atoms with Gasteiger partial charge in [0, 0.05) is 36.1 Å². The third-order valence-electron chi connectivity index (χ3n) is 4.02. The van der Waals surface area contributed by atoms with E-state index in [1.165, 1.54) is 0 Å². The van der Waals surface area contributed by atoms with Crippen LogP contribution in [0.5, 0.6) is 0 Å². The smallest absolute Gasteiger partial charge is 0.257 e. The van der Waals surface area contributed by atoms with Crippen LogP contribution in [0.4, 0.5) is 0 Å². The SMILES string of the molecule is Cn1cc(C(=O)NCc2ccc(Cl)cc2)c(=O)c2cc(CCl)ccc21. The van der Waals surface area contributed by atoms with Crippen molar-refractivity contribution in [3.63, 3.8) is 0 Å². The van der Waals surface area contributed by atoms with Gasteiger partial charge in [-0.05, 0) is 35.4 Å². The lowest BCUT2D eigenvalue weighted by Gasteiger charge is -2.10. The molecule has 0 bridgehead atoms. The van der Waals surface area contributed by atoms with Gasteiger partial charge in [0.25, 0.3) is 5.91 Å². The summed E-state index contributed by atoms with van der Waals surface area (Å²) >= 11 is 11.7. The minimum absolute atomic E-state index is 0.107. The van der Waals surface area contributed by atoms with Gasteiger partial charge in [0.15, 0.2) is 0 Å². The molecule has 0 fully saturated rings. The topological polar surface area (TPSA) is 51.1 Å². The molecular formula is C19H16Cl2N2O2. The van der Waals surface area contributed by atoms with Crippen molar-refractivity contribution < 1.29 is 4.79 Å². The molecule has 0 unspecified atom stereocenters. The molecule has 1 N–H and O–H groups in total. The van der Waals surface area contributed by atoms with Crippen molar-refractivity contribution in [3.8, 4) is 0 Å². The molecule has 1 heterocycles. The summed E-state index contributed by atoms with van der Waals surface area (Å²) in [6, 6.07) is 12.6. The number of carbonyl (C=O) groups is 1. The van der Waals surface area contributed by atoms with E-state index in [0.717, 1.165) is 16.6 Å². The molecule has 0 aliphatic heterocycles. The number of hydrogen-bond acceptors (Lipinski definition) is 2. The highest BCUT2D eigenvalue weighted by atomic mass is 35.5. The van der Waals surface area contributed by atoms with Gasteiger partial charge in [-0.2, -0.15) is 0 Å². The molecular weight excluding hydrogens is 359 g/mol. The number of aryl methyl sites for hydroxylation is 1. The summed E-state index contributed by atoms with van der Waals surface area (Å²) in [5.74, 6) is -0.0970.